The molecule has 1 aromatic rings. The predicted octanol–water partition coefficient (Wildman–Crippen LogP) is 1.50. The molecule has 0 radical (unpaired) electrons. The Morgan fingerprint density at radius 1 is 1.45 bits per heavy atom. The highest BCUT2D eigenvalue weighted by Gasteiger charge is 2.34. The van der Waals surface area contributed by atoms with Gasteiger partial charge in [-0.15, -0.1) is 0 Å². The second-order valence-corrected chi connectivity index (χ2v) is 7.35. The van der Waals surface area contributed by atoms with Crippen molar-refractivity contribution in [3.8, 4) is 0 Å². The zero-order valence-electron chi connectivity index (χ0n) is 10.4. The van der Waals surface area contributed by atoms with Gasteiger partial charge in [0.25, 0.3) is 5.69 Å². The molecule has 0 spiro atoms. The number of rotatable bonds is 3. The van der Waals surface area contributed by atoms with Crippen LogP contribution in [0.2, 0.25) is 0 Å². The minimum absolute atomic E-state index is 0.0357. The summed E-state index contributed by atoms with van der Waals surface area (Å²) in [4.78, 5) is 9.91. The quantitative estimate of drug-likeness (QED) is 0.646. The monoisotopic (exact) mass is 364 g/mol. The van der Waals surface area contributed by atoms with E-state index in [-0.39, 0.29) is 18.0 Å². The second kappa shape index (κ2) is 5.76. The van der Waals surface area contributed by atoms with Gasteiger partial charge in [-0.05, 0) is 25.0 Å². The summed E-state index contributed by atoms with van der Waals surface area (Å²) in [6, 6.07) is 3.79. The summed E-state index contributed by atoms with van der Waals surface area (Å²) in [6.07, 6.45) is 0.333. The normalized spacial score (nSPS) is 20.8. The maximum atomic E-state index is 12.5. The number of benzene rings is 1. The Hall–Kier alpha value is -1.03. The first-order chi connectivity index (χ1) is 9.32. The van der Waals surface area contributed by atoms with Crippen LogP contribution in [-0.4, -0.2) is 41.9 Å². The van der Waals surface area contributed by atoms with Gasteiger partial charge in [0.15, 0.2) is 4.90 Å². The zero-order chi connectivity index (χ0) is 14.9. The van der Waals surface area contributed by atoms with Crippen LogP contribution in [0.25, 0.3) is 0 Å². The Kier molecular flexibility index (Phi) is 4.43. The van der Waals surface area contributed by atoms with Crippen molar-refractivity contribution < 1.29 is 18.4 Å². The number of nitrogens with zero attached hydrogens (tertiary/aromatic N) is 2. The van der Waals surface area contributed by atoms with Crippen LogP contribution >= 0.6 is 15.9 Å². The number of β-amino-alcohol motifs (C(OH)–C–C–N with tert-alkyl or cyclic N) is 1. The maximum Gasteiger partial charge on any atom is 0.289 e. The molecule has 1 aromatic carbocycles. The summed E-state index contributed by atoms with van der Waals surface area (Å²) in [5.74, 6) is 0. The molecular weight excluding hydrogens is 352 g/mol. The number of aliphatic hydroxyl groups is 1. The van der Waals surface area contributed by atoms with Gasteiger partial charge in [0.05, 0.1) is 11.0 Å². The van der Waals surface area contributed by atoms with E-state index < -0.39 is 26.7 Å². The van der Waals surface area contributed by atoms with Gasteiger partial charge in [0.1, 0.15) is 0 Å². The third kappa shape index (κ3) is 3.00. The van der Waals surface area contributed by atoms with Crippen LogP contribution in [0.3, 0.4) is 0 Å². The van der Waals surface area contributed by atoms with E-state index in [9.17, 15) is 23.6 Å². The number of piperidine rings is 1. The molecule has 0 bridgehead atoms. The summed E-state index contributed by atoms with van der Waals surface area (Å²) >= 11 is 3.12. The zero-order valence-corrected chi connectivity index (χ0v) is 12.8. The second-order valence-electron chi connectivity index (χ2n) is 4.53. The van der Waals surface area contributed by atoms with Crippen LogP contribution in [0.4, 0.5) is 5.69 Å². The number of nitro groups is 1. The van der Waals surface area contributed by atoms with E-state index in [4.69, 9.17) is 0 Å². The number of halogens is 1. The smallest absolute Gasteiger partial charge is 0.289 e. The number of aliphatic hydroxyl groups excluding tert-OH is 1. The maximum absolute atomic E-state index is 12.5. The highest BCUT2D eigenvalue weighted by atomic mass is 79.9. The van der Waals surface area contributed by atoms with Crippen LogP contribution in [0, 0.1) is 10.1 Å². The molecule has 1 saturated heterocycles. The van der Waals surface area contributed by atoms with E-state index in [0.717, 1.165) is 10.4 Å². The minimum Gasteiger partial charge on any atom is -0.392 e. The SMILES string of the molecule is O=[N+]([O-])c1ccc(Br)cc1S(=O)(=O)N1CCC[C@H](O)C1. The number of hydrogen-bond acceptors (Lipinski definition) is 5. The Bertz CT molecular complexity index is 634. The summed E-state index contributed by atoms with van der Waals surface area (Å²) in [6.45, 7) is 0.217. The van der Waals surface area contributed by atoms with Gasteiger partial charge in [0, 0.05) is 23.6 Å². The number of hydrogen-bond donors (Lipinski definition) is 1. The molecule has 0 amide bonds. The van der Waals surface area contributed by atoms with Crippen molar-refractivity contribution >= 4 is 31.6 Å². The highest BCUT2D eigenvalue weighted by molar-refractivity contribution is 9.10. The standard InChI is InChI=1S/C11H13BrN2O5S/c12-8-3-4-10(14(16)17)11(6-8)20(18,19)13-5-1-2-9(15)7-13/h3-4,6,9,15H,1-2,5,7H2/t9-/m0/s1. The first-order valence-electron chi connectivity index (χ1n) is 5.94. The fourth-order valence-electron chi connectivity index (χ4n) is 2.12. The summed E-state index contributed by atoms with van der Waals surface area (Å²) < 4.78 is 26.5. The van der Waals surface area contributed by atoms with E-state index in [1.54, 1.807) is 0 Å². The lowest BCUT2D eigenvalue weighted by atomic mass is 10.1. The summed E-state index contributed by atoms with van der Waals surface area (Å²) in [5, 5.41) is 20.6. The molecule has 1 N–H and O–H groups in total. The molecule has 1 aliphatic heterocycles. The molecule has 1 fully saturated rings. The van der Waals surface area contributed by atoms with Gasteiger partial charge in [-0.25, -0.2) is 8.42 Å². The average Bonchev–Trinajstić information content (AvgIpc) is 2.38. The van der Waals surface area contributed by atoms with Gasteiger partial charge >= 0.3 is 0 Å². The van der Waals surface area contributed by atoms with Crippen molar-refractivity contribution in [1.29, 1.82) is 0 Å². The lowest BCUT2D eigenvalue weighted by Crippen LogP contribution is -2.42. The van der Waals surface area contributed by atoms with E-state index in [0.29, 0.717) is 17.3 Å². The van der Waals surface area contributed by atoms with E-state index in [2.05, 4.69) is 15.9 Å². The van der Waals surface area contributed by atoms with Crippen molar-refractivity contribution in [1.82, 2.24) is 4.31 Å². The molecule has 7 nitrogen and oxygen atoms in total. The first kappa shape index (κ1) is 15.4. The number of sulfonamides is 1. The lowest BCUT2D eigenvalue weighted by Gasteiger charge is -2.29. The number of nitro benzene ring substituents is 1. The van der Waals surface area contributed by atoms with Crippen molar-refractivity contribution in [3.63, 3.8) is 0 Å². The van der Waals surface area contributed by atoms with Crippen LogP contribution < -0.4 is 0 Å². The third-order valence-electron chi connectivity index (χ3n) is 3.10. The molecule has 0 saturated carbocycles. The largest absolute Gasteiger partial charge is 0.392 e. The van der Waals surface area contributed by atoms with Crippen LogP contribution in [0.15, 0.2) is 27.6 Å². The van der Waals surface area contributed by atoms with E-state index in [1.807, 2.05) is 0 Å². The molecule has 0 aromatic heterocycles. The van der Waals surface area contributed by atoms with Gasteiger partial charge in [-0.1, -0.05) is 15.9 Å². The Morgan fingerprint density at radius 2 is 2.15 bits per heavy atom. The molecule has 0 unspecified atom stereocenters. The van der Waals surface area contributed by atoms with Crippen molar-refractivity contribution in [2.75, 3.05) is 13.1 Å². The van der Waals surface area contributed by atoms with Crippen molar-refractivity contribution in [2.24, 2.45) is 0 Å². The molecular formula is C11H13BrN2O5S. The van der Waals surface area contributed by atoms with Crippen LogP contribution in [0.1, 0.15) is 12.8 Å². The fourth-order valence-corrected chi connectivity index (χ4v) is 4.34. The van der Waals surface area contributed by atoms with E-state index >= 15 is 0 Å². The van der Waals surface area contributed by atoms with Crippen LogP contribution in [-0.2, 0) is 10.0 Å². The Morgan fingerprint density at radius 3 is 2.75 bits per heavy atom. The van der Waals surface area contributed by atoms with Gasteiger partial charge < -0.3 is 5.11 Å². The Labute approximate surface area is 124 Å². The topological polar surface area (TPSA) is 101 Å². The van der Waals surface area contributed by atoms with Gasteiger partial charge in [-0.3, -0.25) is 10.1 Å². The molecule has 9 heteroatoms. The molecule has 1 atom stereocenters. The summed E-state index contributed by atoms with van der Waals surface area (Å²) in [7, 11) is -3.99. The molecule has 1 heterocycles. The fraction of sp³-hybridized carbons (Fsp3) is 0.455. The van der Waals surface area contributed by atoms with Crippen LogP contribution in [0.5, 0.6) is 0 Å². The predicted molar refractivity (Wildman–Crippen MR) is 74.8 cm³/mol. The van der Waals surface area contributed by atoms with Gasteiger partial charge in [-0.2, -0.15) is 4.31 Å². The molecule has 2 rings (SSSR count). The summed E-state index contributed by atoms with van der Waals surface area (Å²) in [5.41, 5.74) is -0.465. The Balaban J connectivity index is 2.48. The lowest BCUT2D eigenvalue weighted by molar-refractivity contribution is -0.387. The molecule has 0 aliphatic carbocycles. The van der Waals surface area contributed by atoms with Crippen molar-refractivity contribution in [3.05, 3.63) is 32.8 Å². The third-order valence-corrected chi connectivity index (χ3v) is 5.48. The molecule has 110 valence electrons. The van der Waals surface area contributed by atoms with Gasteiger partial charge in [0.2, 0.25) is 10.0 Å². The highest BCUT2D eigenvalue weighted by Crippen LogP contribution is 2.30. The molecule has 1 aliphatic rings. The average molecular weight is 365 g/mol. The molecule has 20 heavy (non-hydrogen) atoms. The first-order valence-corrected chi connectivity index (χ1v) is 8.18. The van der Waals surface area contributed by atoms with Crippen molar-refractivity contribution in [2.45, 2.75) is 23.8 Å². The minimum atomic E-state index is -3.99. The van der Waals surface area contributed by atoms with E-state index in [1.165, 1.54) is 12.1 Å².